The minimum Gasteiger partial charge on any atom is -0.484 e. The van der Waals surface area contributed by atoms with Gasteiger partial charge < -0.3 is 10.1 Å². The number of carbonyl (C=O) groups is 1. The molecule has 1 atom stereocenters. The zero-order chi connectivity index (χ0) is 22.3. The highest BCUT2D eigenvalue weighted by Gasteiger charge is 2.20. The summed E-state index contributed by atoms with van der Waals surface area (Å²) < 4.78 is 5.68. The van der Waals surface area contributed by atoms with Crippen molar-refractivity contribution in [2.45, 2.75) is 59.9 Å². The number of likely N-dealkylation sites (N-methyl/N-ethyl adjacent to an activating group) is 1. The number of hydrogen-bond acceptors (Lipinski definition) is 3. The van der Waals surface area contributed by atoms with Crippen molar-refractivity contribution in [2.24, 2.45) is 0 Å². The van der Waals surface area contributed by atoms with Crippen molar-refractivity contribution in [3.63, 3.8) is 0 Å². The first-order valence-electron chi connectivity index (χ1n) is 11.0. The van der Waals surface area contributed by atoms with Gasteiger partial charge in [-0.1, -0.05) is 65.0 Å². The number of benzene rings is 2. The van der Waals surface area contributed by atoms with Gasteiger partial charge in [0.15, 0.2) is 6.61 Å². The van der Waals surface area contributed by atoms with E-state index in [0.717, 1.165) is 24.4 Å². The summed E-state index contributed by atoms with van der Waals surface area (Å²) in [7, 11) is 0. The molecule has 0 fully saturated rings. The molecule has 2 aromatic carbocycles. The second-order valence-corrected chi connectivity index (χ2v) is 8.95. The molecule has 0 heterocycles. The molecular weight excluding hydrogens is 372 g/mol. The summed E-state index contributed by atoms with van der Waals surface area (Å²) in [5, 5.41) is 3.07. The second-order valence-electron chi connectivity index (χ2n) is 8.95. The molecule has 0 saturated heterocycles. The molecule has 1 N–H and O–H groups in total. The Morgan fingerprint density at radius 1 is 1.00 bits per heavy atom. The molecule has 2 rings (SSSR count). The first-order chi connectivity index (χ1) is 14.2. The molecule has 0 aliphatic heterocycles. The van der Waals surface area contributed by atoms with E-state index < -0.39 is 0 Å². The Morgan fingerprint density at radius 3 is 2.17 bits per heavy atom. The van der Waals surface area contributed by atoms with Crippen LogP contribution < -0.4 is 10.1 Å². The third-order valence-electron chi connectivity index (χ3n) is 5.76. The monoisotopic (exact) mass is 410 g/mol. The van der Waals surface area contributed by atoms with Crippen molar-refractivity contribution in [1.82, 2.24) is 10.2 Å². The van der Waals surface area contributed by atoms with Crippen molar-refractivity contribution < 1.29 is 9.53 Å². The minimum atomic E-state index is -0.100. The lowest BCUT2D eigenvalue weighted by Crippen LogP contribution is -2.39. The molecule has 1 amide bonds. The van der Waals surface area contributed by atoms with E-state index in [1.807, 2.05) is 25.1 Å². The number of amides is 1. The standard InChI is InChI=1S/C26H38N2O2/c1-8-28(9-2)24(21-11-13-22(14-12-21)26(5,6)7)17-27-25(29)18-30-23-15-10-19(3)20(4)16-23/h10-16,24H,8-9,17-18H2,1-7H3,(H,27,29)/t24-/m0/s1. The van der Waals surface area contributed by atoms with Gasteiger partial charge in [-0.2, -0.15) is 0 Å². The summed E-state index contributed by atoms with van der Waals surface area (Å²) in [5.74, 6) is 0.628. The van der Waals surface area contributed by atoms with E-state index in [1.54, 1.807) is 0 Å². The molecule has 0 aliphatic rings. The maximum absolute atomic E-state index is 12.4. The fraction of sp³-hybridized carbons (Fsp3) is 0.500. The van der Waals surface area contributed by atoms with Crippen LogP contribution in [-0.4, -0.2) is 37.0 Å². The van der Waals surface area contributed by atoms with Crippen LogP contribution in [-0.2, 0) is 10.2 Å². The third kappa shape index (κ3) is 6.60. The number of carbonyl (C=O) groups excluding carboxylic acids is 1. The Kier molecular flexibility index (Phi) is 8.48. The summed E-state index contributed by atoms with van der Waals surface area (Å²) in [5.41, 5.74) is 5.04. The molecule has 0 aliphatic carbocycles. The Morgan fingerprint density at radius 2 is 1.63 bits per heavy atom. The predicted octanol–water partition coefficient (Wildman–Crippen LogP) is 5.18. The number of ether oxygens (including phenoxy) is 1. The van der Waals surface area contributed by atoms with Crippen LogP contribution in [0.1, 0.15) is 62.9 Å². The number of aryl methyl sites for hydroxylation is 2. The van der Waals surface area contributed by atoms with Gasteiger partial charge in [0.25, 0.3) is 5.91 Å². The van der Waals surface area contributed by atoms with Gasteiger partial charge in [-0.05, 0) is 66.7 Å². The van der Waals surface area contributed by atoms with E-state index in [0.29, 0.717) is 6.54 Å². The number of nitrogens with one attached hydrogen (secondary N) is 1. The highest BCUT2D eigenvalue weighted by molar-refractivity contribution is 5.77. The number of hydrogen-bond donors (Lipinski definition) is 1. The van der Waals surface area contributed by atoms with Crippen LogP contribution in [0.5, 0.6) is 5.75 Å². The molecule has 0 unspecified atom stereocenters. The summed E-state index contributed by atoms with van der Waals surface area (Å²) in [4.78, 5) is 14.8. The second kappa shape index (κ2) is 10.6. The third-order valence-corrected chi connectivity index (χ3v) is 5.76. The highest BCUT2D eigenvalue weighted by Crippen LogP contribution is 2.26. The maximum Gasteiger partial charge on any atom is 0.258 e. The van der Waals surface area contributed by atoms with Gasteiger partial charge in [-0.3, -0.25) is 9.69 Å². The summed E-state index contributed by atoms with van der Waals surface area (Å²) in [6, 6.07) is 14.8. The fourth-order valence-electron chi connectivity index (χ4n) is 3.54. The summed E-state index contributed by atoms with van der Waals surface area (Å²) >= 11 is 0. The maximum atomic E-state index is 12.4. The molecular formula is C26H38N2O2. The Balaban J connectivity index is 2.02. The molecule has 0 radical (unpaired) electrons. The van der Waals surface area contributed by atoms with Gasteiger partial charge >= 0.3 is 0 Å². The number of nitrogens with zero attached hydrogens (tertiary/aromatic N) is 1. The molecule has 0 aromatic heterocycles. The molecule has 0 bridgehead atoms. The van der Waals surface area contributed by atoms with Gasteiger partial charge in [-0.15, -0.1) is 0 Å². The predicted molar refractivity (Wildman–Crippen MR) is 125 cm³/mol. The van der Waals surface area contributed by atoms with Gasteiger partial charge in [-0.25, -0.2) is 0 Å². The molecule has 4 nitrogen and oxygen atoms in total. The van der Waals surface area contributed by atoms with E-state index in [2.05, 4.69) is 76.0 Å². The van der Waals surface area contributed by atoms with Gasteiger partial charge in [0.05, 0.1) is 6.04 Å². The molecule has 4 heteroatoms. The molecule has 2 aromatic rings. The van der Waals surface area contributed by atoms with Crippen LogP contribution in [0.2, 0.25) is 0 Å². The summed E-state index contributed by atoms with van der Waals surface area (Å²) in [6.45, 7) is 17.5. The van der Waals surface area contributed by atoms with Crippen LogP contribution in [0.4, 0.5) is 0 Å². The Bertz CT molecular complexity index is 818. The molecule has 0 saturated carbocycles. The van der Waals surface area contributed by atoms with Crippen LogP contribution in [0.25, 0.3) is 0 Å². The fourth-order valence-corrected chi connectivity index (χ4v) is 3.54. The van der Waals surface area contributed by atoms with E-state index >= 15 is 0 Å². The zero-order valence-electron chi connectivity index (χ0n) is 19.7. The minimum absolute atomic E-state index is 0.0242. The lowest BCUT2D eigenvalue weighted by atomic mass is 9.86. The van der Waals surface area contributed by atoms with E-state index in [1.165, 1.54) is 16.7 Å². The highest BCUT2D eigenvalue weighted by atomic mass is 16.5. The van der Waals surface area contributed by atoms with Crippen molar-refractivity contribution in [2.75, 3.05) is 26.2 Å². The average molecular weight is 411 g/mol. The van der Waals surface area contributed by atoms with Crippen LogP contribution in [0.15, 0.2) is 42.5 Å². The topological polar surface area (TPSA) is 41.6 Å². The zero-order valence-corrected chi connectivity index (χ0v) is 19.7. The van der Waals surface area contributed by atoms with Crippen LogP contribution in [0, 0.1) is 13.8 Å². The SMILES string of the molecule is CCN(CC)[C@@H](CNC(=O)COc1ccc(C)c(C)c1)c1ccc(C(C)(C)C)cc1. The van der Waals surface area contributed by atoms with Crippen LogP contribution in [0.3, 0.4) is 0 Å². The van der Waals surface area contributed by atoms with Gasteiger partial charge in [0.1, 0.15) is 5.75 Å². The lowest BCUT2D eigenvalue weighted by Gasteiger charge is -2.31. The van der Waals surface area contributed by atoms with Crippen molar-refractivity contribution >= 4 is 5.91 Å². The average Bonchev–Trinajstić information content (AvgIpc) is 2.71. The lowest BCUT2D eigenvalue weighted by molar-refractivity contribution is -0.123. The Hall–Kier alpha value is -2.33. The van der Waals surface area contributed by atoms with Crippen molar-refractivity contribution in [3.8, 4) is 5.75 Å². The first kappa shape index (κ1) is 23.9. The molecule has 30 heavy (non-hydrogen) atoms. The van der Waals surface area contributed by atoms with Crippen LogP contribution >= 0.6 is 0 Å². The quantitative estimate of drug-likeness (QED) is 0.619. The number of rotatable bonds is 9. The Labute approximate surface area is 182 Å². The largest absolute Gasteiger partial charge is 0.484 e. The smallest absolute Gasteiger partial charge is 0.258 e. The summed E-state index contributed by atoms with van der Waals surface area (Å²) in [6.07, 6.45) is 0. The van der Waals surface area contributed by atoms with E-state index in [9.17, 15) is 4.79 Å². The molecule has 0 spiro atoms. The van der Waals surface area contributed by atoms with Crippen molar-refractivity contribution in [1.29, 1.82) is 0 Å². The van der Waals surface area contributed by atoms with E-state index in [-0.39, 0.29) is 24.0 Å². The van der Waals surface area contributed by atoms with E-state index in [4.69, 9.17) is 4.74 Å². The normalized spacial score (nSPS) is 12.7. The van der Waals surface area contributed by atoms with Gasteiger partial charge in [0, 0.05) is 6.54 Å². The molecule has 164 valence electrons. The van der Waals surface area contributed by atoms with Gasteiger partial charge in [0.2, 0.25) is 0 Å². The first-order valence-corrected chi connectivity index (χ1v) is 11.0. The van der Waals surface area contributed by atoms with Crippen molar-refractivity contribution in [3.05, 3.63) is 64.7 Å².